The fraction of sp³-hybridized carbons (Fsp3) is 0.500. The maximum Gasteiger partial charge on any atom is 0.346 e. The first-order valence-corrected chi connectivity index (χ1v) is 9.75. The van der Waals surface area contributed by atoms with Crippen molar-refractivity contribution in [3.63, 3.8) is 0 Å². The Morgan fingerprint density at radius 3 is 2.77 bits per heavy atom. The number of halogens is 2. The van der Waals surface area contributed by atoms with Crippen LogP contribution in [0, 0.1) is 5.82 Å². The van der Waals surface area contributed by atoms with Crippen LogP contribution in [0.2, 0.25) is 0 Å². The van der Waals surface area contributed by atoms with Crippen LogP contribution in [-0.4, -0.2) is 38.2 Å². The number of benzene rings is 1. The largest absolute Gasteiger partial charge is 0.346 e. The second-order valence-corrected chi connectivity index (χ2v) is 7.82. The number of hydrogen-bond acceptors (Lipinski definition) is 3. The minimum Gasteiger partial charge on any atom is -0.341 e. The number of nitrogens with zero attached hydrogens (tertiary/aromatic N) is 4. The molecule has 1 amide bonds. The van der Waals surface area contributed by atoms with Crippen molar-refractivity contribution in [2.24, 2.45) is 0 Å². The van der Waals surface area contributed by atoms with Crippen molar-refractivity contribution < 1.29 is 9.18 Å². The molecule has 0 radical (unpaired) electrons. The van der Waals surface area contributed by atoms with E-state index in [1.165, 1.54) is 15.3 Å². The molecule has 4 rings (SSSR count). The van der Waals surface area contributed by atoms with E-state index in [-0.39, 0.29) is 24.0 Å². The zero-order chi connectivity index (χ0) is 18.3. The number of amides is 1. The molecule has 2 aliphatic rings. The first-order chi connectivity index (χ1) is 12.5. The molecule has 0 N–H and O–H groups in total. The van der Waals surface area contributed by atoms with Crippen molar-refractivity contribution in [1.29, 1.82) is 0 Å². The van der Waals surface area contributed by atoms with Gasteiger partial charge in [-0.25, -0.2) is 13.9 Å². The van der Waals surface area contributed by atoms with Crippen LogP contribution in [0.4, 0.5) is 4.39 Å². The smallest absolute Gasteiger partial charge is 0.341 e. The minimum atomic E-state index is -0.479. The van der Waals surface area contributed by atoms with Crippen LogP contribution in [0.1, 0.15) is 43.1 Å². The van der Waals surface area contributed by atoms with Gasteiger partial charge in [0.25, 0.3) is 0 Å². The molecule has 0 saturated carbocycles. The van der Waals surface area contributed by atoms with E-state index in [1.54, 1.807) is 12.1 Å². The summed E-state index contributed by atoms with van der Waals surface area (Å²) in [5.41, 5.74) is 0.0627. The van der Waals surface area contributed by atoms with Crippen molar-refractivity contribution in [3.05, 3.63) is 50.4 Å². The fourth-order valence-corrected chi connectivity index (χ4v) is 4.16. The number of carbonyl (C=O) groups is 1. The average molecular weight is 423 g/mol. The number of rotatable bonds is 3. The summed E-state index contributed by atoms with van der Waals surface area (Å²) < 4.78 is 17.6. The van der Waals surface area contributed by atoms with Crippen LogP contribution in [0.25, 0.3) is 0 Å². The molecule has 0 spiro atoms. The number of likely N-dealkylation sites (tertiary alicyclic amines) is 1. The normalized spacial score (nSPS) is 19.6. The van der Waals surface area contributed by atoms with Gasteiger partial charge in [0, 0.05) is 29.5 Å². The molecule has 1 aromatic heterocycles. The first kappa shape index (κ1) is 17.5. The number of fused-ring (bicyclic) bond motifs is 1. The Morgan fingerprint density at radius 1 is 1.27 bits per heavy atom. The summed E-state index contributed by atoms with van der Waals surface area (Å²) in [7, 11) is 0. The summed E-state index contributed by atoms with van der Waals surface area (Å²) in [6.45, 7) is 1.58. The van der Waals surface area contributed by atoms with E-state index in [4.69, 9.17) is 0 Å². The van der Waals surface area contributed by atoms with Gasteiger partial charge in [0.2, 0.25) is 5.91 Å². The first-order valence-electron chi connectivity index (χ1n) is 8.95. The third-order valence-corrected chi connectivity index (χ3v) is 5.66. The Balaban J connectivity index is 1.65. The summed E-state index contributed by atoms with van der Waals surface area (Å²) in [6, 6.07) is 4.26. The third-order valence-electron chi connectivity index (χ3n) is 5.17. The lowest BCUT2D eigenvalue weighted by atomic mass is 10.0. The van der Waals surface area contributed by atoms with Gasteiger partial charge >= 0.3 is 5.69 Å². The summed E-state index contributed by atoms with van der Waals surface area (Å²) in [6.07, 6.45) is 4.17. The zero-order valence-corrected chi connectivity index (χ0v) is 15.9. The molecule has 0 bridgehead atoms. The molecule has 8 heteroatoms. The van der Waals surface area contributed by atoms with Gasteiger partial charge in [-0.2, -0.15) is 5.10 Å². The molecule has 1 saturated heterocycles. The highest BCUT2D eigenvalue weighted by atomic mass is 79.9. The summed E-state index contributed by atoms with van der Waals surface area (Å²) >= 11 is 3.23. The van der Waals surface area contributed by atoms with Crippen molar-refractivity contribution in [2.45, 2.75) is 44.7 Å². The average Bonchev–Trinajstić information content (AvgIpc) is 3.26. The molecule has 1 aromatic carbocycles. The minimum absolute atomic E-state index is 0.0138. The molecule has 1 unspecified atom stereocenters. The van der Waals surface area contributed by atoms with E-state index in [0.29, 0.717) is 28.7 Å². The number of aromatic nitrogens is 3. The Hall–Kier alpha value is -1.96. The highest BCUT2D eigenvalue weighted by molar-refractivity contribution is 9.10. The molecule has 2 aromatic rings. The third kappa shape index (κ3) is 3.11. The summed E-state index contributed by atoms with van der Waals surface area (Å²) in [4.78, 5) is 27.6. The Morgan fingerprint density at radius 2 is 2.04 bits per heavy atom. The second kappa shape index (κ2) is 6.98. The van der Waals surface area contributed by atoms with Gasteiger partial charge in [0.1, 0.15) is 17.7 Å². The monoisotopic (exact) mass is 422 g/mol. The maximum atomic E-state index is 14.1. The van der Waals surface area contributed by atoms with Gasteiger partial charge in [0.15, 0.2) is 0 Å². The molecule has 26 heavy (non-hydrogen) atoms. The number of aryl methyl sites for hydroxylation is 1. The van der Waals surface area contributed by atoms with E-state index < -0.39 is 6.04 Å². The van der Waals surface area contributed by atoms with E-state index in [2.05, 4.69) is 21.0 Å². The van der Waals surface area contributed by atoms with Gasteiger partial charge in [-0.3, -0.25) is 9.36 Å². The van der Waals surface area contributed by atoms with Crippen molar-refractivity contribution in [1.82, 2.24) is 19.2 Å². The quantitative estimate of drug-likeness (QED) is 0.763. The molecule has 0 aliphatic carbocycles. The molecule has 2 aliphatic heterocycles. The Bertz CT molecular complexity index is 901. The molecular weight excluding hydrogens is 403 g/mol. The van der Waals surface area contributed by atoms with E-state index in [1.807, 2.05) is 4.90 Å². The van der Waals surface area contributed by atoms with Gasteiger partial charge in [-0.15, -0.1) is 0 Å². The predicted octanol–water partition coefficient (Wildman–Crippen LogP) is 2.49. The van der Waals surface area contributed by atoms with Crippen LogP contribution in [0.3, 0.4) is 0 Å². The molecular formula is C18H20BrFN4O2. The molecule has 138 valence electrons. The van der Waals surface area contributed by atoms with E-state index in [9.17, 15) is 14.0 Å². The van der Waals surface area contributed by atoms with Gasteiger partial charge in [-0.05, 0) is 37.8 Å². The van der Waals surface area contributed by atoms with Crippen molar-refractivity contribution in [3.8, 4) is 0 Å². The second-order valence-electron chi connectivity index (χ2n) is 6.90. The lowest BCUT2D eigenvalue weighted by Gasteiger charge is -2.27. The van der Waals surface area contributed by atoms with Crippen LogP contribution in [0.5, 0.6) is 0 Å². The van der Waals surface area contributed by atoms with Crippen molar-refractivity contribution in [2.75, 3.05) is 13.1 Å². The Kier molecular flexibility index (Phi) is 4.69. The van der Waals surface area contributed by atoms with Gasteiger partial charge < -0.3 is 4.90 Å². The van der Waals surface area contributed by atoms with Crippen molar-refractivity contribution >= 4 is 21.8 Å². The van der Waals surface area contributed by atoms with Crippen LogP contribution >= 0.6 is 15.9 Å². The maximum absolute atomic E-state index is 14.1. The van der Waals surface area contributed by atoms with Crippen LogP contribution in [0.15, 0.2) is 27.5 Å². The molecule has 3 heterocycles. The molecule has 1 fully saturated rings. The highest BCUT2D eigenvalue weighted by Crippen LogP contribution is 2.25. The lowest BCUT2D eigenvalue weighted by Crippen LogP contribution is -2.41. The topological polar surface area (TPSA) is 60.1 Å². The number of hydrogen-bond donors (Lipinski definition) is 0. The fourth-order valence-electron chi connectivity index (χ4n) is 3.83. The molecule has 1 atom stereocenters. The van der Waals surface area contributed by atoms with Crippen LogP contribution in [-0.2, 0) is 17.8 Å². The highest BCUT2D eigenvalue weighted by Gasteiger charge is 2.34. The SMILES string of the molecule is O=C(C1CCCc2nn(Cc3ccc(Br)cc3F)c(=O)n21)N1CCCC1. The van der Waals surface area contributed by atoms with Gasteiger partial charge in [0.05, 0.1) is 6.54 Å². The molecule has 6 nitrogen and oxygen atoms in total. The zero-order valence-electron chi connectivity index (χ0n) is 14.3. The van der Waals surface area contributed by atoms with E-state index in [0.717, 1.165) is 32.4 Å². The summed E-state index contributed by atoms with van der Waals surface area (Å²) in [5.74, 6) is 0.248. The summed E-state index contributed by atoms with van der Waals surface area (Å²) in [5, 5.41) is 4.39. The van der Waals surface area contributed by atoms with E-state index >= 15 is 0 Å². The standard InChI is InChI=1S/C18H20BrFN4O2/c19-13-7-6-12(14(20)10-13)11-23-18(26)24-15(4-3-5-16(24)21-23)17(25)22-8-1-2-9-22/h6-7,10,15H,1-5,8-9,11H2. The van der Waals surface area contributed by atoms with Gasteiger partial charge in [-0.1, -0.05) is 22.0 Å². The number of carbonyl (C=O) groups excluding carboxylic acids is 1. The Labute approximate surface area is 158 Å². The predicted molar refractivity (Wildman–Crippen MR) is 97.5 cm³/mol. The lowest BCUT2D eigenvalue weighted by molar-refractivity contribution is -0.134. The van der Waals surface area contributed by atoms with Crippen LogP contribution < -0.4 is 5.69 Å².